The summed E-state index contributed by atoms with van der Waals surface area (Å²) in [6, 6.07) is 5.42. The molecule has 4 nitrogen and oxygen atoms in total. The molecule has 4 heteroatoms. The Kier molecular flexibility index (Phi) is 5.63. The third kappa shape index (κ3) is 5.45. The van der Waals surface area contributed by atoms with Crippen molar-refractivity contribution < 1.29 is 14.6 Å². The number of hydrogen-bond donors (Lipinski definition) is 1. The second kappa shape index (κ2) is 7.01. The minimum absolute atomic E-state index is 0.0777. The lowest BCUT2D eigenvalue weighted by Crippen LogP contribution is -2.11. The van der Waals surface area contributed by atoms with Gasteiger partial charge in [0.25, 0.3) is 0 Å². The Morgan fingerprint density at radius 3 is 2.76 bits per heavy atom. The van der Waals surface area contributed by atoms with Gasteiger partial charge in [-0.25, -0.2) is 0 Å². The fourth-order valence-electron chi connectivity index (χ4n) is 1.32. The van der Waals surface area contributed by atoms with Crippen LogP contribution in [0.15, 0.2) is 18.2 Å². The van der Waals surface area contributed by atoms with Crippen molar-refractivity contribution in [3.8, 4) is 0 Å². The van der Waals surface area contributed by atoms with Gasteiger partial charge < -0.3 is 9.84 Å². The van der Waals surface area contributed by atoms with E-state index in [1.54, 1.807) is 6.07 Å². The fourth-order valence-corrected chi connectivity index (χ4v) is 1.32. The predicted octanol–water partition coefficient (Wildman–Crippen LogP) is 1.71. The lowest BCUT2D eigenvalue weighted by atomic mass is 10.2. The van der Waals surface area contributed by atoms with Crippen LogP contribution < -0.4 is 0 Å². The van der Waals surface area contributed by atoms with Gasteiger partial charge in [0.1, 0.15) is 0 Å². The molecule has 1 rings (SSSR count). The van der Waals surface area contributed by atoms with Crippen LogP contribution in [-0.2, 0) is 22.6 Å². The first-order valence-electron chi connectivity index (χ1n) is 5.83. The Labute approximate surface area is 102 Å². The van der Waals surface area contributed by atoms with Crippen LogP contribution in [0.2, 0.25) is 0 Å². The van der Waals surface area contributed by atoms with Crippen LogP contribution in [0.5, 0.6) is 0 Å². The summed E-state index contributed by atoms with van der Waals surface area (Å²) in [5, 5.41) is 8.93. The molecule has 94 valence electrons. The topological polar surface area (TPSA) is 59.4 Å². The fraction of sp³-hybridized carbons (Fsp3) is 0.538. The Hall–Kier alpha value is -1.42. The number of aromatic nitrogens is 1. The van der Waals surface area contributed by atoms with E-state index in [-0.39, 0.29) is 12.6 Å². The minimum atomic E-state index is -0.199. The third-order valence-electron chi connectivity index (χ3n) is 2.19. The highest BCUT2D eigenvalue weighted by molar-refractivity contribution is 5.69. The number of aliphatic hydroxyl groups is 1. The van der Waals surface area contributed by atoms with Crippen LogP contribution in [0.4, 0.5) is 0 Å². The van der Waals surface area contributed by atoms with Gasteiger partial charge in [-0.15, -0.1) is 0 Å². The van der Waals surface area contributed by atoms with Crippen molar-refractivity contribution >= 4 is 5.97 Å². The standard InChI is InChI=1S/C13H19NO3/c1-10(2)9-17-13(16)7-6-11-4-3-5-12(8-15)14-11/h3-5,10,15H,6-9H2,1-2H3. The van der Waals surface area contributed by atoms with Crippen LogP contribution in [0.1, 0.15) is 31.7 Å². The summed E-state index contributed by atoms with van der Waals surface area (Å²) in [5.74, 6) is 0.157. The van der Waals surface area contributed by atoms with E-state index in [9.17, 15) is 4.79 Å². The number of carbonyl (C=O) groups excluding carboxylic acids is 1. The Morgan fingerprint density at radius 2 is 2.12 bits per heavy atom. The monoisotopic (exact) mass is 237 g/mol. The highest BCUT2D eigenvalue weighted by Gasteiger charge is 2.06. The van der Waals surface area contributed by atoms with Gasteiger partial charge in [0.05, 0.1) is 25.3 Å². The molecule has 1 aromatic rings. The molecule has 0 aliphatic heterocycles. The molecular formula is C13H19NO3. The first kappa shape index (κ1) is 13.6. The van der Waals surface area contributed by atoms with Gasteiger partial charge in [-0.1, -0.05) is 19.9 Å². The van der Waals surface area contributed by atoms with Gasteiger partial charge >= 0.3 is 5.97 Å². The van der Waals surface area contributed by atoms with E-state index in [0.29, 0.717) is 31.1 Å². The van der Waals surface area contributed by atoms with Crippen molar-refractivity contribution in [1.82, 2.24) is 4.98 Å². The van der Waals surface area contributed by atoms with Crippen molar-refractivity contribution in [2.75, 3.05) is 6.61 Å². The summed E-state index contributed by atoms with van der Waals surface area (Å²) in [6.07, 6.45) is 0.874. The van der Waals surface area contributed by atoms with Crippen LogP contribution in [0, 0.1) is 5.92 Å². The van der Waals surface area contributed by atoms with E-state index in [0.717, 1.165) is 5.69 Å². The molecule has 0 atom stereocenters. The highest BCUT2D eigenvalue weighted by Crippen LogP contribution is 2.04. The van der Waals surface area contributed by atoms with E-state index in [1.165, 1.54) is 0 Å². The summed E-state index contributed by atoms with van der Waals surface area (Å²) < 4.78 is 5.07. The molecule has 0 fully saturated rings. The van der Waals surface area contributed by atoms with Gasteiger partial charge in [-0.05, 0) is 18.1 Å². The number of aliphatic hydroxyl groups excluding tert-OH is 1. The van der Waals surface area contributed by atoms with Gasteiger partial charge in [-0.3, -0.25) is 9.78 Å². The van der Waals surface area contributed by atoms with Crippen molar-refractivity contribution in [2.45, 2.75) is 33.3 Å². The minimum Gasteiger partial charge on any atom is -0.465 e. The molecule has 0 aromatic carbocycles. The maximum absolute atomic E-state index is 11.4. The molecule has 0 bridgehead atoms. The summed E-state index contributed by atoms with van der Waals surface area (Å²) in [7, 11) is 0. The predicted molar refractivity (Wildman–Crippen MR) is 64.3 cm³/mol. The zero-order chi connectivity index (χ0) is 12.7. The van der Waals surface area contributed by atoms with E-state index in [2.05, 4.69) is 4.98 Å². The van der Waals surface area contributed by atoms with E-state index < -0.39 is 0 Å². The summed E-state index contributed by atoms with van der Waals surface area (Å²) in [5.41, 5.74) is 1.43. The molecule has 0 saturated heterocycles. The van der Waals surface area contributed by atoms with Crippen LogP contribution in [-0.4, -0.2) is 22.7 Å². The van der Waals surface area contributed by atoms with Crippen LogP contribution >= 0.6 is 0 Å². The number of nitrogens with zero attached hydrogens (tertiary/aromatic N) is 1. The van der Waals surface area contributed by atoms with Gasteiger partial charge in [0.2, 0.25) is 0 Å². The molecule has 1 heterocycles. The van der Waals surface area contributed by atoms with Gasteiger partial charge in [0.15, 0.2) is 0 Å². The average Bonchev–Trinajstić information content (AvgIpc) is 2.34. The van der Waals surface area contributed by atoms with Gasteiger partial charge in [-0.2, -0.15) is 0 Å². The number of pyridine rings is 1. The quantitative estimate of drug-likeness (QED) is 0.765. The number of rotatable bonds is 6. The Bertz CT molecular complexity index is 363. The van der Waals surface area contributed by atoms with Crippen LogP contribution in [0.3, 0.4) is 0 Å². The maximum atomic E-state index is 11.4. The SMILES string of the molecule is CC(C)COC(=O)CCc1cccc(CO)n1. The molecule has 0 saturated carbocycles. The average molecular weight is 237 g/mol. The second-order valence-electron chi connectivity index (χ2n) is 4.36. The normalized spacial score (nSPS) is 10.6. The first-order valence-corrected chi connectivity index (χ1v) is 5.83. The molecule has 17 heavy (non-hydrogen) atoms. The molecule has 0 aliphatic rings. The van der Waals surface area contributed by atoms with Crippen molar-refractivity contribution in [3.63, 3.8) is 0 Å². The maximum Gasteiger partial charge on any atom is 0.306 e. The van der Waals surface area contributed by atoms with E-state index in [1.807, 2.05) is 26.0 Å². The first-order chi connectivity index (χ1) is 8.11. The Morgan fingerprint density at radius 1 is 1.41 bits per heavy atom. The molecular weight excluding hydrogens is 218 g/mol. The molecule has 1 aromatic heterocycles. The molecule has 0 unspecified atom stereocenters. The molecule has 0 aliphatic carbocycles. The molecule has 1 N–H and O–H groups in total. The van der Waals surface area contributed by atoms with Crippen molar-refractivity contribution in [1.29, 1.82) is 0 Å². The number of aryl methyl sites for hydroxylation is 1. The largest absolute Gasteiger partial charge is 0.465 e. The number of carbonyl (C=O) groups is 1. The third-order valence-corrected chi connectivity index (χ3v) is 2.19. The molecule has 0 spiro atoms. The molecule has 0 amide bonds. The highest BCUT2D eigenvalue weighted by atomic mass is 16.5. The van der Waals surface area contributed by atoms with E-state index in [4.69, 9.17) is 9.84 Å². The smallest absolute Gasteiger partial charge is 0.306 e. The van der Waals surface area contributed by atoms with Gasteiger partial charge in [0, 0.05) is 12.1 Å². The zero-order valence-corrected chi connectivity index (χ0v) is 10.3. The lowest BCUT2D eigenvalue weighted by molar-refractivity contribution is -0.144. The number of esters is 1. The van der Waals surface area contributed by atoms with E-state index >= 15 is 0 Å². The van der Waals surface area contributed by atoms with Crippen LogP contribution in [0.25, 0.3) is 0 Å². The summed E-state index contributed by atoms with van der Waals surface area (Å²) in [4.78, 5) is 15.6. The zero-order valence-electron chi connectivity index (χ0n) is 10.3. The summed E-state index contributed by atoms with van der Waals surface area (Å²) >= 11 is 0. The Balaban J connectivity index is 2.36. The summed E-state index contributed by atoms with van der Waals surface area (Å²) in [6.45, 7) is 4.38. The second-order valence-corrected chi connectivity index (χ2v) is 4.36. The van der Waals surface area contributed by atoms with Crippen molar-refractivity contribution in [3.05, 3.63) is 29.6 Å². The number of ether oxygens (including phenoxy) is 1. The lowest BCUT2D eigenvalue weighted by Gasteiger charge is -2.07. The number of hydrogen-bond acceptors (Lipinski definition) is 4. The molecule has 0 radical (unpaired) electrons. The van der Waals surface area contributed by atoms with Crippen molar-refractivity contribution in [2.24, 2.45) is 5.92 Å².